The third-order valence-electron chi connectivity index (χ3n) is 6.71. The molecular weight excluding hydrogens is 320 g/mol. The van der Waals surface area contributed by atoms with E-state index in [1.54, 1.807) is 0 Å². The summed E-state index contributed by atoms with van der Waals surface area (Å²) in [6.07, 6.45) is 7.14. The van der Waals surface area contributed by atoms with Gasteiger partial charge in [-0.1, -0.05) is 31.4 Å². The van der Waals surface area contributed by atoms with E-state index >= 15 is 0 Å². The van der Waals surface area contributed by atoms with Gasteiger partial charge < -0.3 is 23.7 Å². The summed E-state index contributed by atoms with van der Waals surface area (Å²) in [5.74, 6) is 0.287. The van der Waals surface area contributed by atoms with Crippen LogP contribution in [0.5, 0.6) is 0 Å². The summed E-state index contributed by atoms with van der Waals surface area (Å²) < 4.78 is 31.0. The highest BCUT2D eigenvalue weighted by atomic mass is 16.8. The Morgan fingerprint density at radius 3 is 2.52 bits per heavy atom. The maximum absolute atomic E-state index is 6.65. The molecule has 0 aromatic carbocycles. The predicted molar refractivity (Wildman–Crippen MR) is 90.9 cm³/mol. The molecule has 4 saturated heterocycles. The molecule has 1 aliphatic carbocycles. The van der Waals surface area contributed by atoms with Crippen LogP contribution in [-0.2, 0) is 23.7 Å². The van der Waals surface area contributed by atoms with Gasteiger partial charge in [-0.15, -0.1) is 0 Å². The standard InChI is InChI=1S/C20H30O5/c1-11-9-14(12-7-5-4-6-8-12)22-15-13(11)10-21-16-17(15)23-19-18(16)24-20(2,3)25-19/h12-19H,1,4-10H2,2-3H3/t13-,14+,15-,16-,17+,18+,19+/m0/s1. The topological polar surface area (TPSA) is 46.2 Å². The van der Waals surface area contributed by atoms with Crippen LogP contribution in [0.3, 0.4) is 0 Å². The molecule has 5 heteroatoms. The highest BCUT2D eigenvalue weighted by Crippen LogP contribution is 2.47. The molecule has 25 heavy (non-hydrogen) atoms. The Kier molecular flexibility index (Phi) is 4.03. The Labute approximate surface area is 150 Å². The maximum atomic E-state index is 6.65. The quantitative estimate of drug-likeness (QED) is 0.680. The molecule has 4 aliphatic heterocycles. The van der Waals surface area contributed by atoms with E-state index in [9.17, 15) is 0 Å². The summed E-state index contributed by atoms with van der Waals surface area (Å²) in [6.45, 7) is 8.87. The lowest BCUT2D eigenvalue weighted by atomic mass is 9.76. The van der Waals surface area contributed by atoms with E-state index in [0.29, 0.717) is 12.5 Å². The molecular formula is C20H30O5. The summed E-state index contributed by atoms with van der Waals surface area (Å²) in [4.78, 5) is 0. The summed E-state index contributed by atoms with van der Waals surface area (Å²) in [5, 5.41) is 0. The van der Waals surface area contributed by atoms with Gasteiger partial charge in [-0.25, -0.2) is 0 Å². The van der Waals surface area contributed by atoms with Gasteiger partial charge in [-0.05, 0) is 39.0 Å². The second kappa shape index (κ2) is 6.03. The fraction of sp³-hybridized carbons (Fsp3) is 0.900. The van der Waals surface area contributed by atoms with Crippen LogP contribution < -0.4 is 0 Å². The van der Waals surface area contributed by atoms with Crippen molar-refractivity contribution in [3.63, 3.8) is 0 Å². The van der Waals surface area contributed by atoms with Crippen LogP contribution >= 0.6 is 0 Å². The molecule has 4 heterocycles. The van der Waals surface area contributed by atoms with Crippen LogP contribution in [0.15, 0.2) is 12.2 Å². The molecule has 0 amide bonds. The lowest BCUT2D eigenvalue weighted by molar-refractivity contribution is -0.263. The molecule has 140 valence electrons. The third kappa shape index (κ3) is 2.79. The van der Waals surface area contributed by atoms with Crippen molar-refractivity contribution in [2.45, 2.75) is 95.0 Å². The van der Waals surface area contributed by atoms with Gasteiger partial charge in [0.1, 0.15) is 18.3 Å². The van der Waals surface area contributed by atoms with Crippen molar-refractivity contribution in [2.24, 2.45) is 11.8 Å². The first-order valence-corrected chi connectivity index (χ1v) is 9.98. The lowest BCUT2D eigenvalue weighted by Gasteiger charge is -2.48. The van der Waals surface area contributed by atoms with Gasteiger partial charge in [0, 0.05) is 5.92 Å². The largest absolute Gasteiger partial charge is 0.372 e. The molecule has 7 atom stereocenters. The van der Waals surface area contributed by atoms with Crippen molar-refractivity contribution < 1.29 is 23.7 Å². The fourth-order valence-corrected chi connectivity index (χ4v) is 5.46. The number of ether oxygens (including phenoxy) is 5. The van der Waals surface area contributed by atoms with Crippen LogP contribution in [-0.4, -0.2) is 49.2 Å². The van der Waals surface area contributed by atoms with Crippen molar-refractivity contribution >= 4 is 0 Å². The van der Waals surface area contributed by atoms with E-state index < -0.39 is 5.79 Å². The molecule has 5 fully saturated rings. The van der Waals surface area contributed by atoms with E-state index in [-0.39, 0.29) is 42.7 Å². The van der Waals surface area contributed by atoms with Crippen molar-refractivity contribution in [3.05, 3.63) is 12.2 Å². The van der Waals surface area contributed by atoms with Gasteiger partial charge in [0.15, 0.2) is 12.1 Å². The minimum absolute atomic E-state index is 0.0211. The fourth-order valence-electron chi connectivity index (χ4n) is 5.46. The Hall–Kier alpha value is -0.460. The van der Waals surface area contributed by atoms with Gasteiger partial charge >= 0.3 is 0 Å². The second-order valence-electron chi connectivity index (χ2n) is 8.87. The minimum Gasteiger partial charge on any atom is -0.372 e. The van der Waals surface area contributed by atoms with Gasteiger partial charge in [-0.3, -0.25) is 0 Å². The second-order valence-corrected chi connectivity index (χ2v) is 8.87. The van der Waals surface area contributed by atoms with Crippen molar-refractivity contribution in [1.29, 1.82) is 0 Å². The molecule has 0 bridgehead atoms. The summed E-state index contributed by atoms with van der Waals surface area (Å²) >= 11 is 0. The van der Waals surface area contributed by atoms with Gasteiger partial charge in [0.2, 0.25) is 0 Å². The summed E-state index contributed by atoms with van der Waals surface area (Å²) in [6, 6.07) is 0. The molecule has 0 N–H and O–H groups in total. The summed E-state index contributed by atoms with van der Waals surface area (Å²) in [5.41, 5.74) is 1.27. The number of rotatable bonds is 1. The average molecular weight is 350 g/mol. The first-order chi connectivity index (χ1) is 12.0. The normalized spacial score (nSPS) is 49.5. The Morgan fingerprint density at radius 1 is 0.920 bits per heavy atom. The van der Waals surface area contributed by atoms with Crippen LogP contribution in [0.2, 0.25) is 0 Å². The van der Waals surface area contributed by atoms with E-state index in [1.807, 2.05) is 13.8 Å². The molecule has 0 spiro atoms. The zero-order valence-corrected chi connectivity index (χ0v) is 15.3. The zero-order chi connectivity index (χ0) is 17.2. The van der Waals surface area contributed by atoms with Crippen molar-refractivity contribution in [3.8, 4) is 0 Å². The molecule has 5 nitrogen and oxygen atoms in total. The Bertz CT molecular complexity index is 540. The average Bonchev–Trinajstić information content (AvgIpc) is 3.07. The molecule has 0 aromatic heterocycles. The third-order valence-corrected chi connectivity index (χ3v) is 6.71. The van der Waals surface area contributed by atoms with Gasteiger partial charge in [0.05, 0.1) is 18.8 Å². The lowest BCUT2D eigenvalue weighted by Crippen LogP contribution is -2.57. The zero-order valence-electron chi connectivity index (χ0n) is 15.3. The molecule has 5 rings (SSSR count). The predicted octanol–water partition coefficient (Wildman–Crippen LogP) is 3.17. The van der Waals surface area contributed by atoms with E-state index in [2.05, 4.69) is 6.58 Å². The Morgan fingerprint density at radius 2 is 1.72 bits per heavy atom. The molecule has 0 radical (unpaired) electrons. The van der Waals surface area contributed by atoms with E-state index in [0.717, 1.165) is 6.42 Å². The first-order valence-electron chi connectivity index (χ1n) is 9.98. The highest BCUT2D eigenvalue weighted by molar-refractivity contribution is 5.15. The number of fused-ring (bicyclic) bond motifs is 5. The number of hydrogen-bond acceptors (Lipinski definition) is 5. The van der Waals surface area contributed by atoms with Crippen LogP contribution in [0.1, 0.15) is 52.4 Å². The van der Waals surface area contributed by atoms with Crippen molar-refractivity contribution in [1.82, 2.24) is 0 Å². The van der Waals surface area contributed by atoms with Crippen LogP contribution in [0.25, 0.3) is 0 Å². The summed E-state index contributed by atoms with van der Waals surface area (Å²) in [7, 11) is 0. The van der Waals surface area contributed by atoms with E-state index in [4.69, 9.17) is 23.7 Å². The van der Waals surface area contributed by atoms with E-state index in [1.165, 1.54) is 37.7 Å². The first kappa shape index (κ1) is 16.7. The van der Waals surface area contributed by atoms with Crippen molar-refractivity contribution in [2.75, 3.05) is 6.61 Å². The molecule has 0 unspecified atom stereocenters. The molecule has 5 aliphatic rings. The SMILES string of the molecule is C=C1C[C@H](C2CCCCC2)O[C@@H]2[C@H]3O[C@@H]4OC(C)(C)O[C@@H]4[C@H]3OC[C@@H]12. The minimum atomic E-state index is -0.609. The maximum Gasteiger partial charge on any atom is 0.190 e. The van der Waals surface area contributed by atoms with Gasteiger partial charge in [-0.2, -0.15) is 0 Å². The molecule has 0 aromatic rings. The monoisotopic (exact) mass is 350 g/mol. The smallest absolute Gasteiger partial charge is 0.190 e. The molecule has 1 saturated carbocycles. The Balaban J connectivity index is 1.34. The van der Waals surface area contributed by atoms with Crippen LogP contribution in [0.4, 0.5) is 0 Å². The highest BCUT2D eigenvalue weighted by Gasteiger charge is 2.61. The van der Waals surface area contributed by atoms with Gasteiger partial charge in [0.25, 0.3) is 0 Å². The van der Waals surface area contributed by atoms with Crippen LogP contribution in [0, 0.1) is 11.8 Å². The number of hydrogen-bond donors (Lipinski definition) is 0.